The first-order valence-electron chi connectivity index (χ1n) is 6.00. The van der Waals surface area contributed by atoms with Gasteiger partial charge in [-0.05, 0) is 18.9 Å². The molecule has 1 fully saturated rings. The number of carbonyl (C=O) groups is 1. The zero-order chi connectivity index (χ0) is 13.2. The van der Waals surface area contributed by atoms with Crippen molar-refractivity contribution in [1.29, 1.82) is 0 Å². The van der Waals surface area contributed by atoms with Crippen molar-refractivity contribution in [2.24, 2.45) is 5.92 Å². The Kier molecular flexibility index (Phi) is 3.71. The molecule has 1 aromatic rings. The summed E-state index contributed by atoms with van der Waals surface area (Å²) in [7, 11) is -2.99. The number of hydrogen-bond acceptors (Lipinski definition) is 3. The van der Waals surface area contributed by atoms with Gasteiger partial charge in [-0.2, -0.15) is 0 Å². The van der Waals surface area contributed by atoms with E-state index in [1.54, 1.807) is 0 Å². The van der Waals surface area contributed by atoms with Crippen LogP contribution in [0.1, 0.15) is 17.5 Å². The maximum atomic E-state index is 11.8. The number of hydrogen-bond donors (Lipinski definition) is 1. The fraction of sp³-hybridized carbons (Fsp3) is 0.462. The van der Waals surface area contributed by atoms with E-state index >= 15 is 0 Å². The molecule has 0 bridgehead atoms. The second-order valence-corrected chi connectivity index (χ2v) is 7.03. The van der Waals surface area contributed by atoms with Crippen molar-refractivity contribution in [3.8, 4) is 0 Å². The van der Waals surface area contributed by atoms with Crippen LogP contribution in [0, 0.1) is 12.8 Å². The first-order chi connectivity index (χ1) is 8.46. The molecule has 18 heavy (non-hydrogen) atoms. The summed E-state index contributed by atoms with van der Waals surface area (Å²) in [4.78, 5) is 11.8. The number of nitrogens with one attached hydrogen (secondary N) is 1. The van der Waals surface area contributed by atoms with Crippen LogP contribution in [-0.4, -0.2) is 25.8 Å². The van der Waals surface area contributed by atoms with Crippen LogP contribution in [0.4, 0.5) is 0 Å². The minimum Gasteiger partial charge on any atom is -0.352 e. The van der Waals surface area contributed by atoms with Crippen LogP contribution in [0.25, 0.3) is 0 Å². The highest BCUT2D eigenvalue weighted by Crippen LogP contribution is 2.18. The molecule has 0 aliphatic carbocycles. The van der Waals surface area contributed by atoms with Crippen molar-refractivity contribution >= 4 is 15.7 Å². The van der Waals surface area contributed by atoms with Crippen molar-refractivity contribution in [1.82, 2.24) is 5.32 Å². The summed E-state index contributed by atoms with van der Waals surface area (Å²) < 4.78 is 22.6. The summed E-state index contributed by atoms with van der Waals surface area (Å²) in [5, 5.41) is 2.79. The van der Waals surface area contributed by atoms with Gasteiger partial charge in [-0.1, -0.05) is 29.8 Å². The molecule has 1 aliphatic rings. The Bertz CT molecular complexity index is 534. The van der Waals surface area contributed by atoms with Gasteiger partial charge in [-0.15, -0.1) is 0 Å². The van der Waals surface area contributed by atoms with Crippen LogP contribution < -0.4 is 5.32 Å². The third kappa shape index (κ3) is 3.32. The molecule has 5 heteroatoms. The second kappa shape index (κ2) is 5.10. The molecule has 98 valence electrons. The van der Waals surface area contributed by atoms with Gasteiger partial charge >= 0.3 is 0 Å². The molecule has 1 aromatic carbocycles. The van der Waals surface area contributed by atoms with Gasteiger partial charge in [0.05, 0.1) is 17.4 Å². The maximum Gasteiger partial charge on any atom is 0.224 e. The Morgan fingerprint density at radius 1 is 1.33 bits per heavy atom. The number of benzene rings is 1. The monoisotopic (exact) mass is 267 g/mol. The highest BCUT2D eigenvalue weighted by molar-refractivity contribution is 7.91. The van der Waals surface area contributed by atoms with E-state index in [1.165, 1.54) is 5.56 Å². The molecule has 1 aliphatic heterocycles. The lowest BCUT2D eigenvalue weighted by Crippen LogP contribution is -2.30. The number of carbonyl (C=O) groups excluding carboxylic acids is 1. The third-order valence-electron chi connectivity index (χ3n) is 3.19. The van der Waals surface area contributed by atoms with Crippen LogP contribution in [0.2, 0.25) is 0 Å². The predicted octanol–water partition coefficient (Wildman–Crippen LogP) is 1.05. The van der Waals surface area contributed by atoms with Crippen LogP contribution in [0.3, 0.4) is 0 Å². The Balaban J connectivity index is 1.87. The Morgan fingerprint density at radius 3 is 2.56 bits per heavy atom. The lowest BCUT2D eigenvalue weighted by Gasteiger charge is -2.09. The second-order valence-electron chi connectivity index (χ2n) is 4.80. The predicted molar refractivity (Wildman–Crippen MR) is 69.8 cm³/mol. The van der Waals surface area contributed by atoms with E-state index in [4.69, 9.17) is 0 Å². The van der Waals surface area contributed by atoms with Crippen LogP contribution in [0.5, 0.6) is 0 Å². The third-order valence-corrected chi connectivity index (χ3v) is 4.96. The molecule has 1 saturated heterocycles. The molecule has 1 unspecified atom stereocenters. The number of rotatable bonds is 3. The molecular weight excluding hydrogens is 250 g/mol. The van der Waals surface area contributed by atoms with E-state index in [0.717, 1.165) is 5.56 Å². The molecule has 4 nitrogen and oxygen atoms in total. The SMILES string of the molecule is Cc1ccc(CNC(=O)C2CCS(=O)(=O)C2)cc1. The average Bonchev–Trinajstić information content (AvgIpc) is 2.69. The normalized spacial score (nSPS) is 21.7. The molecule has 1 N–H and O–H groups in total. The summed E-state index contributed by atoms with van der Waals surface area (Å²) in [6, 6.07) is 7.89. The highest BCUT2D eigenvalue weighted by atomic mass is 32.2. The first kappa shape index (κ1) is 13.1. The summed E-state index contributed by atoms with van der Waals surface area (Å²) in [6.45, 7) is 2.46. The Morgan fingerprint density at radius 2 is 2.00 bits per heavy atom. The van der Waals surface area contributed by atoms with Crippen molar-refractivity contribution in [3.05, 3.63) is 35.4 Å². The summed E-state index contributed by atoms with van der Waals surface area (Å²) >= 11 is 0. The van der Waals surface area contributed by atoms with Crippen molar-refractivity contribution in [3.63, 3.8) is 0 Å². The van der Waals surface area contributed by atoms with Gasteiger partial charge in [-0.3, -0.25) is 4.79 Å². The summed E-state index contributed by atoms with van der Waals surface area (Å²) in [5.41, 5.74) is 2.20. The molecule has 0 saturated carbocycles. The molecule has 1 amide bonds. The van der Waals surface area contributed by atoms with Crippen LogP contribution >= 0.6 is 0 Å². The quantitative estimate of drug-likeness (QED) is 0.890. The fourth-order valence-electron chi connectivity index (χ4n) is 2.04. The van der Waals surface area contributed by atoms with Crippen LogP contribution in [-0.2, 0) is 21.2 Å². The first-order valence-corrected chi connectivity index (χ1v) is 7.82. The van der Waals surface area contributed by atoms with E-state index in [-0.39, 0.29) is 23.3 Å². The molecule has 0 radical (unpaired) electrons. The lowest BCUT2D eigenvalue weighted by molar-refractivity contribution is -0.124. The van der Waals surface area contributed by atoms with Gasteiger partial charge in [0.15, 0.2) is 9.84 Å². The van der Waals surface area contributed by atoms with E-state index in [2.05, 4.69) is 5.32 Å². The van der Waals surface area contributed by atoms with Gasteiger partial charge in [-0.25, -0.2) is 8.42 Å². The Hall–Kier alpha value is -1.36. The highest BCUT2D eigenvalue weighted by Gasteiger charge is 2.32. The number of sulfone groups is 1. The Labute approximate surface area is 107 Å². The topological polar surface area (TPSA) is 63.2 Å². The van der Waals surface area contributed by atoms with Crippen molar-refractivity contribution in [2.75, 3.05) is 11.5 Å². The number of aryl methyl sites for hydroxylation is 1. The molecular formula is C13H17NO3S. The number of amides is 1. The van der Waals surface area contributed by atoms with Crippen LogP contribution in [0.15, 0.2) is 24.3 Å². The zero-order valence-electron chi connectivity index (χ0n) is 10.3. The summed E-state index contributed by atoms with van der Waals surface area (Å²) in [6.07, 6.45) is 0.446. The van der Waals surface area contributed by atoms with Gasteiger partial charge < -0.3 is 5.32 Å². The molecule has 1 atom stereocenters. The van der Waals surface area contributed by atoms with Gasteiger partial charge in [0.1, 0.15) is 0 Å². The van der Waals surface area contributed by atoms with Gasteiger partial charge in [0.25, 0.3) is 0 Å². The largest absolute Gasteiger partial charge is 0.352 e. The van der Waals surface area contributed by atoms with Crippen molar-refractivity contribution in [2.45, 2.75) is 19.9 Å². The molecule has 1 heterocycles. The molecule has 2 rings (SSSR count). The van der Waals surface area contributed by atoms with Gasteiger partial charge in [0.2, 0.25) is 5.91 Å². The standard InChI is InChI=1S/C13H17NO3S/c1-10-2-4-11(5-3-10)8-14-13(15)12-6-7-18(16,17)9-12/h2-5,12H,6-9H2,1H3,(H,14,15). The molecule has 0 aromatic heterocycles. The van der Waals surface area contributed by atoms with Crippen molar-refractivity contribution < 1.29 is 13.2 Å². The maximum absolute atomic E-state index is 11.8. The smallest absolute Gasteiger partial charge is 0.224 e. The fourth-order valence-corrected chi connectivity index (χ4v) is 3.78. The molecule has 0 spiro atoms. The lowest BCUT2D eigenvalue weighted by atomic mass is 10.1. The van der Waals surface area contributed by atoms with E-state index in [0.29, 0.717) is 13.0 Å². The van der Waals surface area contributed by atoms with E-state index in [9.17, 15) is 13.2 Å². The summed E-state index contributed by atoms with van der Waals surface area (Å²) in [5.74, 6) is -0.403. The average molecular weight is 267 g/mol. The van der Waals surface area contributed by atoms with E-state index in [1.807, 2.05) is 31.2 Å². The minimum absolute atomic E-state index is 0.00721. The van der Waals surface area contributed by atoms with Gasteiger partial charge in [0, 0.05) is 6.54 Å². The zero-order valence-corrected chi connectivity index (χ0v) is 11.2. The van der Waals surface area contributed by atoms with E-state index < -0.39 is 9.84 Å². The minimum atomic E-state index is -2.99.